The summed E-state index contributed by atoms with van der Waals surface area (Å²) in [6, 6.07) is 12.4. The average Bonchev–Trinajstić information content (AvgIpc) is 3.56. The van der Waals surface area contributed by atoms with Gasteiger partial charge in [-0.2, -0.15) is 0 Å². The molecule has 6 aliphatic rings. The van der Waals surface area contributed by atoms with Crippen molar-refractivity contribution in [2.45, 2.75) is 141 Å². The second-order valence-corrected chi connectivity index (χ2v) is 17.0. The van der Waals surface area contributed by atoms with E-state index in [-0.39, 0.29) is 47.8 Å². The summed E-state index contributed by atoms with van der Waals surface area (Å²) in [6.45, 7) is 4.62. The zero-order valence-corrected chi connectivity index (χ0v) is 28.9. The topological polar surface area (TPSA) is 93.1 Å². The van der Waals surface area contributed by atoms with Crippen LogP contribution in [0.15, 0.2) is 36.4 Å². The fraction of sp³-hybridized carbons (Fsp3) is 0.667. The van der Waals surface area contributed by atoms with Gasteiger partial charge < -0.3 is 19.7 Å². The molecule has 6 aliphatic carbocycles. The smallest absolute Gasteiger partial charge is 0.311 e. The van der Waals surface area contributed by atoms with Crippen LogP contribution in [0, 0.1) is 34.5 Å². The Hall–Kier alpha value is -2.70. The molecule has 6 unspecified atom stereocenters. The molecule has 0 aromatic heterocycles. The number of aryl methyl sites for hydroxylation is 2. The Morgan fingerprint density at radius 3 is 1.52 bits per heavy atom. The number of rotatable bonds is 7. The number of benzene rings is 2. The van der Waals surface area contributed by atoms with Crippen molar-refractivity contribution in [1.29, 1.82) is 0 Å². The fourth-order valence-corrected chi connectivity index (χ4v) is 12.1. The Labute approximate surface area is 286 Å². The van der Waals surface area contributed by atoms with Crippen LogP contribution in [0.3, 0.4) is 0 Å². The predicted octanol–water partition coefficient (Wildman–Crippen LogP) is 8.19. The van der Waals surface area contributed by atoms with Crippen molar-refractivity contribution >= 4 is 11.9 Å². The lowest BCUT2D eigenvalue weighted by Gasteiger charge is -2.50. The van der Waals surface area contributed by atoms with E-state index >= 15 is 0 Å². The maximum absolute atomic E-state index is 12.7. The van der Waals surface area contributed by atoms with E-state index in [1.165, 1.54) is 22.3 Å². The van der Waals surface area contributed by atoms with E-state index in [1.54, 1.807) is 0 Å². The summed E-state index contributed by atoms with van der Waals surface area (Å²) in [7, 11) is 0. The Kier molecular flexibility index (Phi) is 8.51. The number of carbonyl (C=O) groups excluding carboxylic acids is 2. The third kappa shape index (κ3) is 5.54. The van der Waals surface area contributed by atoms with E-state index in [2.05, 4.69) is 38.1 Å². The molecule has 0 bridgehead atoms. The highest BCUT2D eigenvalue weighted by Crippen LogP contribution is 2.62. The third-order valence-electron chi connectivity index (χ3n) is 14.8. The van der Waals surface area contributed by atoms with Crippen LogP contribution < -0.4 is 9.47 Å². The number of carbonyl (C=O) groups is 2. The monoisotopic (exact) mass is 654 g/mol. The molecule has 0 saturated heterocycles. The maximum atomic E-state index is 12.7. The molecule has 8 rings (SSSR count). The summed E-state index contributed by atoms with van der Waals surface area (Å²) in [6.07, 6.45) is 14.3. The van der Waals surface area contributed by atoms with E-state index in [9.17, 15) is 19.8 Å². The van der Waals surface area contributed by atoms with Crippen molar-refractivity contribution in [1.82, 2.24) is 0 Å². The van der Waals surface area contributed by atoms with E-state index in [0.717, 1.165) is 77.0 Å². The number of unbranched alkanes of at least 4 members (excludes halogenated alkanes) is 1. The van der Waals surface area contributed by atoms with Crippen LogP contribution in [0.1, 0.15) is 138 Å². The van der Waals surface area contributed by atoms with Gasteiger partial charge >= 0.3 is 11.9 Å². The lowest BCUT2D eigenvalue weighted by molar-refractivity contribution is -0.136. The average molecular weight is 655 g/mol. The molecule has 4 fully saturated rings. The van der Waals surface area contributed by atoms with Crippen molar-refractivity contribution in [3.05, 3.63) is 58.7 Å². The molecule has 2 aromatic rings. The van der Waals surface area contributed by atoms with Gasteiger partial charge in [0.05, 0.1) is 12.2 Å². The van der Waals surface area contributed by atoms with Crippen LogP contribution in [0.25, 0.3) is 0 Å². The maximum Gasteiger partial charge on any atom is 0.311 e. The summed E-state index contributed by atoms with van der Waals surface area (Å²) in [4.78, 5) is 25.4. The molecular weight excluding hydrogens is 600 g/mol. The Bertz CT molecular complexity index is 1450. The van der Waals surface area contributed by atoms with Crippen molar-refractivity contribution in [2.75, 3.05) is 0 Å². The highest BCUT2D eigenvalue weighted by atomic mass is 16.5. The normalized spacial score (nSPS) is 37.7. The minimum atomic E-state index is -0.256. The Balaban J connectivity index is 0.792. The van der Waals surface area contributed by atoms with Gasteiger partial charge in [0.2, 0.25) is 0 Å². The number of ether oxygens (including phenoxy) is 2. The molecule has 10 atom stereocenters. The second-order valence-electron chi connectivity index (χ2n) is 17.0. The number of esters is 2. The predicted molar refractivity (Wildman–Crippen MR) is 184 cm³/mol. The molecule has 0 aliphatic heterocycles. The SMILES string of the molecule is C[C@]12CCC3c4ccc(OC(=O)CCCCC(=O)Oc5ccc6c(c5)CCC5C6CC[C@@]6(C)C5CC[C@@H]6O)cc4CCC3C1CC[C@@H]2O. The number of aliphatic hydroxyl groups is 2. The molecule has 0 amide bonds. The molecule has 6 heteroatoms. The standard InChI is InChI=1S/C42H54O6/c1-41-21-19-31-29-13-9-27(23-25(29)7-11-33(31)35(41)15-17-37(41)43)47-39(45)5-3-4-6-40(46)48-28-10-14-30-26(24-28)8-12-34-32(30)20-22-42(2)36(34)16-18-38(42)44/h9-10,13-14,23-24,31-38,43-44H,3-8,11-12,15-22H2,1-2H3/t31?,32?,33?,34?,35?,36?,37-,38-,41-,42-/m0/s1. The number of fused-ring (bicyclic) bond motifs is 10. The Morgan fingerprint density at radius 1 is 0.646 bits per heavy atom. The van der Waals surface area contributed by atoms with Gasteiger partial charge in [0.15, 0.2) is 0 Å². The zero-order valence-electron chi connectivity index (χ0n) is 28.9. The minimum absolute atomic E-state index is 0.0796. The van der Waals surface area contributed by atoms with Gasteiger partial charge in [-0.05, 0) is 183 Å². The summed E-state index contributed by atoms with van der Waals surface area (Å²) >= 11 is 0. The van der Waals surface area contributed by atoms with Crippen molar-refractivity contribution < 1.29 is 29.3 Å². The fourth-order valence-electron chi connectivity index (χ4n) is 12.1. The molecule has 0 radical (unpaired) electrons. The highest BCUT2D eigenvalue weighted by molar-refractivity contribution is 5.74. The first-order valence-electron chi connectivity index (χ1n) is 19.2. The molecule has 258 valence electrons. The van der Waals surface area contributed by atoms with Gasteiger partial charge in [-0.15, -0.1) is 0 Å². The van der Waals surface area contributed by atoms with Crippen molar-refractivity contribution in [2.24, 2.45) is 34.5 Å². The van der Waals surface area contributed by atoms with E-state index in [1.807, 2.05) is 12.1 Å². The second kappa shape index (κ2) is 12.6. The van der Waals surface area contributed by atoms with Crippen LogP contribution >= 0.6 is 0 Å². The molecule has 2 N–H and O–H groups in total. The van der Waals surface area contributed by atoms with Gasteiger partial charge in [-0.3, -0.25) is 9.59 Å². The lowest BCUT2D eigenvalue weighted by atomic mass is 9.55. The lowest BCUT2D eigenvalue weighted by Crippen LogP contribution is -2.43. The summed E-state index contributed by atoms with van der Waals surface area (Å²) in [5, 5.41) is 21.3. The molecular formula is C42H54O6. The number of hydrogen-bond acceptors (Lipinski definition) is 6. The van der Waals surface area contributed by atoms with Gasteiger partial charge in [0.1, 0.15) is 11.5 Å². The van der Waals surface area contributed by atoms with Gasteiger partial charge in [0, 0.05) is 12.8 Å². The van der Waals surface area contributed by atoms with Gasteiger partial charge in [-0.25, -0.2) is 0 Å². The van der Waals surface area contributed by atoms with Crippen LogP contribution in [0.4, 0.5) is 0 Å². The third-order valence-corrected chi connectivity index (χ3v) is 14.8. The first kappa shape index (κ1) is 32.5. The minimum Gasteiger partial charge on any atom is -0.427 e. The van der Waals surface area contributed by atoms with Crippen LogP contribution in [0.2, 0.25) is 0 Å². The quantitative estimate of drug-likeness (QED) is 0.178. The van der Waals surface area contributed by atoms with E-state index in [0.29, 0.717) is 59.8 Å². The number of aliphatic hydroxyl groups excluding tert-OH is 2. The largest absolute Gasteiger partial charge is 0.427 e. The molecule has 48 heavy (non-hydrogen) atoms. The molecule has 2 aromatic carbocycles. The first-order valence-corrected chi connectivity index (χ1v) is 19.2. The summed E-state index contributed by atoms with van der Waals surface area (Å²) in [5.41, 5.74) is 5.62. The summed E-state index contributed by atoms with van der Waals surface area (Å²) in [5.74, 6) is 4.33. The van der Waals surface area contributed by atoms with E-state index < -0.39 is 0 Å². The van der Waals surface area contributed by atoms with E-state index in [4.69, 9.17) is 9.47 Å². The highest BCUT2D eigenvalue weighted by Gasteiger charge is 2.55. The molecule has 4 saturated carbocycles. The van der Waals surface area contributed by atoms with Gasteiger partial charge in [-0.1, -0.05) is 26.0 Å². The van der Waals surface area contributed by atoms with Gasteiger partial charge in [0.25, 0.3) is 0 Å². The van der Waals surface area contributed by atoms with Crippen LogP contribution in [-0.2, 0) is 22.4 Å². The molecule has 6 nitrogen and oxygen atoms in total. The van der Waals surface area contributed by atoms with Crippen LogP contribution in [0.5, 0.6) is 11.5 Å². The Morgan fingerprint density at radius 2 is 1.08 bits per heavy atom. The summed E-state index contributed by atoms with van der Waals surface area (Å²) < 4.78 is 11.5. The molecule has 0 spiro atoms. The first-order chi connectivity index (χ1) is 23.1. The van der Waals surface area contributed by atoms with Crippen molar-refractivity contribution in [3.8, 4) is 11.5 Å². The number of hydrogen-bond donors (Lipinski definition) is 2. The molecule has 0 heterocycles. The zero-order chi connectivity index (χ0) is 33.2. The van der Waals surface area contributed by atoms with Crippen molar-refractivity contribution in [3.63, 3.8) is 0 Å². The van der Waals surface area contributed by atoms with Crippen LogP contribution in [-0.4, -0.2) is 34.4 Å².